The molecule has 0 amide bonds. The van der Waals surface area contributed by atoms with Gasteiger partial charge in [-0.15, -0.1) is 0 Å². The van der Waals surface area contributed by atoms with Gasteiger partial charge < -0.3 is 4.74 Å². The number of benzene rings is 2. The summed E-state index contributed by atoms with van der Waals surface area (Å²) in [5, 5.41) is 0. The van der Waals surface area contributed by atoms with Crippen molar-refractivity contribution in [1.29, 1.82) is 0 Å². The lowest BCUT2D eigenvalue weighted by atomic mass is 9.91. The minimum atomic E-state index is -3.71. The van der Waals surface area contributed by atoms with Crippen molar-refractivity contribution in [3.05, 3.63) is 65.7 Å². The number of sulfonamides is 1. The topological polar surface area (TPSA) is 63.7 Å². The Hall–Kier alpha value is -2.18. The van der Waals surface area contributed by atoms with Crippen molar-refractivity contribution in [2.24, 2.45) is 5.92 Å². The molecule has 0 unspecified atom stereocenters. The molecule has 0 radical (unpaired) electrons. The van der Waals surface area contributed by atoms with Crippen LogP contribution in [0.3, 0.4) is 0 Å². The maximum absolute atomic E-state index is 13.0. The van der Waals surface area contributed by atoms with Crippen LogP contribution >= 0.6 is 0 Å². The average Bonchev–Trinajstić information content (AvgIpc) is 2.68. The summed E-state index contributed by atoms with van der Waals surface area (Å²) in [6.07, 6.45) is 2.59. The Bertz CT molecular complexity index is 856. The number of rotatable bonds is 5. The van der Waals surface area contributed by atoms with Gasteiger partial charge in [0.25, 0.3) is 0 Å². The first kappa shape index (κ1) is 18.6. The van der Waals surface area contributed by atoms with Crippen LogP contribution in [-0.4, -0.2) is 38.9 Å². The Morgan fingerprint density at radius 1 is 1.04 bits per heavy atom. The smallest absolute Gasteiger partial charge is 0.339 e. The number of carbonyl (C=O) groups is 1. The van der Waals surface area contributed by atoms with E-state index in [-0.39, 0.29) is 10.5 Å². The third-order valence-corrected chi connectivity index (χ3v) is 6.81. The van der Waals surface area contributed by atoms with Crippen LogP contribution in [0.5, 0.6) is 0 Å². The number of esters is 1. The van der Waals surface area contributed by atoms with E-state index in [0.29, 0.717) is 19.0 Å². The van der Waals surface area contributed by atoms with Gasteiger partial charge in [0.05, 0.1) is 17.6 Å². The average molecular weight is 373 g/mol. The van der Waals surface area contributed by atoms with E-state index in [1.54, 1.807) is 12.1 Å². The van der Waals surface area contributed by atoms with Gasteiger partial charge in [0.1, 0.15) is 0 Å². The van der Waals surface area contributed by atoms with Crippen LogP contribution in [0.4, 0.5) is 0 Å². The second-order valence-corrected chi connectivity index (χ2v) is 8.43. The molecule has 0 aliphatic carbocycles. The highest BCUT2D eigenvalue weighted by Gasteiger charge is 2.32. The molecule has 5 nitrogen and oxygen atoms in total. The Morgan fingerprint density at radius 2 is 1.65 bits per heavy atom. The molecule has 0 aromatic heterocycles. The molecule has 138 valence electrons. The van der Waals surface area contributed by atoms with Crippen LogP contribution in [0.2, 0.25) is 0 Å². The SMILES string of the molecule is COC(=O)c1ccccc1S(=O)(=O)N1CCC(Cc2ccccc2)CC1. The Balaban J connectivity index is 1.72. The molecule has 26 heavy (non-hydrogen) atoms. The van der Waals surface area contributed by atoms with E-state index in [0.717, 1.165) is 19.3 Å². The molecule has 1 saturated heterocycles. The summed E-state index contributed by atoms with van der Waals surface area (Å²) >= 11 is 0. The largest absolute Gasteiger partial charge is 0.465 e. The summed E-state index contributed by atoms with van der Waals surface area (Å²) in [7, 11) is -2.46. The van der Waals surface area contributed by atoms with E-state index in [4.69, 9.17) is 4.74 Å². The zero-order valence-electron chi connectivity index (χ0n) is 14.8. The lowest BCUT2D eigenvalue weighted by Gasteiger charge is -2.31. The molecular formula is C20H23NO4S. The van der Waals surface area contributed by atoms with Crippen LogP contribution < -0.4 is 0 Å². The van der Waals surface area contributed by atoms with Gasteiger partial charge in [-0.1, -0.05) is 42.5 Å². The molecule has 1 fully saturated rings. The first-order chi connectivity index (χ1) is 12.5. The molecular weight excluding hydrogens is 350 g/mol. The summed E-state index contributed by atoms with van der Waals surface area (Å²) in [4.78, 5) is 11.9. The minimum Gasteiger partial charge on any atom is -0.465 e. The van der Waals surface area contributed by atoms with Crippen molar-refractivity contribution in [2.75, 3.05) is 20.2 Å². The fourth-order valence-corrected chi connectivity index (χ4v) is 5.06. The number of ether oxygens (including phenoxy) is 1. The van der Waals surface area contributed by atoms with Gasteiger partial charge in [-0.3, -0.25) is 0 Å². The number of nitrogens with zero attached hydrogens (tertiary/aromatic N) is 1. The molecule has 1 aliphatic heterocycles. The molecule has 0 saturated carbocycles. The predicted octanol–water partition coefficient (Wildman–Crippen LogP) is 3.12. The summed E-state index contributed by atoms with van der Waals surface area (Å²) in [5.74, 6) is -0.164. The van der Waals surface area contributed by atoms with Crippen molar-refractivity contribution < 1.29 is 17.9 Å². The molecule has 1 aliphatic rings. The Morgan fingerprint density at radius 3 is 2.31 bits per heavy atom. The number of methoxy groups -OCH3 is 1. The Kier molecular flexibility index (Phi) is 5.74. The molecule has 0 atom stereocenters. The molecule has 2 aromatic carbocycles. The molecule has 0 spiro atoms. The lowest BCUT2D eigenvalue weighted by Crippen LogP contribution is -2.39. The summed E-state index contributed by atoms with van der Waals surface area (Å²) in [5.41, 5.74) is 1.37. The zero-order valence-corrected chi connectivity index (χ0v) is 15.6. The van der Waals surface area contributed by atoms with Gasteiger partial charge in [-0.2, -0.15) is 4.31 Å². The van der Waals surface area contributed by atoms with Crippen molar-refractivity contribution >= 4 is 16.0 Å². The van der Waals surface area contributed by atoms with Gasteiger partial charge in [0.2, 0.25) is 10.0 Å². The highest BCUT2D eigenvalue weighted by atomic mass is 32.2. The van der Waals surface area contributed by atoms with E-state index in [1.165, 1.54) is 29.1 Å². The van der Waals surface area contributed by atoms with Crippen molar-refractivity contribution in [3.8, 4) is 0 Å². The molecule has 0 N–H and O–H groups in total. The molecule has 1 heterocycles. The van der Waals surface area contributed by atoms with Crippen LogP contribution in [0.1, 0.15) is 28.8 Å². The first-order valence-corrected chi connectivity index (χ1v) is 10.2. The summed E-state index contributed by atoms with van der Waals surface area (Å²) in [6, 6.07) is 16.5. The number of hydrogen-bond acceptors (Lipinski definition) is 4. The number of hydrogen-bond donors (Lipinski definition) is 0. The minimum absolute atomic E-state index is 0.0216. The van der Waals surface area contributed by atoms with E-state index >= 15 is 0 Å². The maximum Gasteiger partial charge on any atom is 0.339 e. The van der Waals surface area contributed by atoms with E-state index in [2.05, 4.69) is 12.1 Å². The first-order valence-electron chi connectivity index (χ1n) is 8.74. The van der Waals surface area contributed by atoms with Crippen LogP contribution in [0, 0.1) is 5.92 Å². The van der Waals surface area contributed by atoms with E-state index in [1.807, 2.05) is 18.2 Å². The summed E-state index contributed by atoms with van der Waals surface area (Å²) < 4.78 is 32.2. The second kappa shape index (κ2) is 8.01. The highest BCUT2D eigenvalue weighted by molar-refractivity contribution is 7.89. The molecule has 6 heteroatoms. The van der Waals surface area contributed by atoms with Crippen molar-refractivity contribution in [1.82, 2.24) is 4.31 Å². The number of carbonyl (C=O) groups excluding carboxylic acids is 1. The zero-order chi connectivity index (χ0) is 18.6. The van der Waals surface area contributed by atoms with Crippen LogP contribution in [0.25, 0.3) is 0 Å². The van der Waals surface area contributed by atoms with Gasteiger partial charge in [0.15, 0.2) is 0 Å². The fourth-order valence-electron chi connectivity index (χ4n) is 3.41. The van der Waals surface area contributed by atoms with Crippen molar-refractivity contribution in [2.45, 2.75) is 24.2 Å². The molecule has 3 rings (SSSR count). The van der Waals surface area contributed by atoms with Crippen LogP contribution in [0.15, 0.2) is 59.5 Å². The van der Waals surface area contributed by atoms with Gasteiger partial charge in [-0.05, 0) is 42.9 Å². The van der Waals surface area contributed by atoms with Gasteiger partial charge in [0, 0.05) is 13.1 Å². The van der Waals surface area contributed by atoms with Gasteiger partial charge >= 0.3 is 5.97 Å². The molecule has 0 bridgehead atoms. The van der Waals surface area contributed by atoms with Crippen LogP contribution in [-0.2, 0) is 21.2 Å². The van der Waals surface area contributed by atoms with E-state index < -0.39 is 16.0 Å². The third kappa shape index (κ3) is 3.97. The van der Waals surface area contributed by atoms with Crippen molar-refractivity contribution in [3.63, 3.8) is 0 Å². The van der Waals surface area contributed by atoms with E-state index in [9.17, 15) is 13.2 Å². The summed E-state index contributed by atoms with van der Waals surface area (Å²) in [6.45, 7) is 0.935. The lowest BCUT2D eigenvalue weighted by molar-refractivity contribution is 0.0596. The molecule has 2 aromatic rings. The normalized spacial score (nSPS) is 16.3. The monoisotopic (exact) mass is 373 g/mol. The third-order valence-electron chi connectivity index (χ3n) is 4.85. The fraction of sp³-hybridized carbons (Fsp3) is 0.350. The quantitative estimate of drug-likeness (QED) is 0.756. The Labute approximate surface area is 154 Å². The van der Waals surface area contributed by atoms with Gasteiger partial charge in [-0.25, -0.2) is 13.2 Å². The highest BCUT2D eigenvalue weighted by Crippen LogP contribution is 2.27. The standard InChI is InChI=1S/C20H23NO4S/c1-25-20(22)18-9-5-6-10-19(18)26(23,24)21-13-11-17(12-14-21)15-16-7-3-2-4-8-16/h2-10,17H,11-15H2,1H3. The maximum atomic E-state index is 13.0. The number of piperidine rings is 1. The second-order valence-electron chi connectivity index (χ2n) is 6.52. The predicted molar refractivity (Wildman–Crippen MR) is 99.4 cm³/mol.